The molecule has 0 aliphatic carbocycles. The van der Waals surface area contributed by atoms with Crippen molar-refractivity contribution in [3.05, 3.63) is 0 Å². The van der Waals surface area contributed by atoms with E-state index in [-0.39, 0.29) is 35.2 Å². The Morgan fingerprint density at radius 2 is 1.57 bits per heavy atom. The summed E-state index contributed by atoms with van der Waals surface area (Å²) < 4.78 is 5.44. The summed E-state index contributed by atoms with van der Waals surface area (Å²) >= 11 is 0. The molecule has 4 nitrogen and oxygen atoms in total. The molecule has 0 heterocycles. The van der Waals surface area contributed by atoms with Gasteiger partial charge in [-0.05, 0) is 33.1 Å². The summed E-state index contributed by atoms with van der Waals surface area (Å²) in [5.74, 6) is 0.321. The quantitative estimate of drug-likeness (QED) is 0.785. The average molecular weight is 299 g/mol. The fraction of sp³-hybridized carbons (Fsp3) is 0.882. The zero-order chi connectivity index (χ0) is 16.8. The zero-order valence-corrected chi connectivity index (χ0v) is 15.0. The molecule has 0 radical (unpaired) electrons. The molecule has 0 aromatic rings. The maximum absolute atomic E-state index is 12.4. The molecule has 0 unspecified atom stereocenters. The van der Waals surface area contributed by atoms with Crippen LogP contribution in [0.2, 0.25) is 0 Å². The maximum Gasteiger partial charge on any atom is 0.246 e. The fourth-order valence-corrected chi connectivity index (χ4v) is 2.03. The number of rotatable bonds is 7. The Kier molecular flexibility index (Phi) is 7.58. The number of amides is 1. The van der Waals surface area contributed by atoms with Crippen molar-refractivity contribution in [2.24, 2.45) is 17.3 Å². The van der Waals surface area contributed by atoms with Gasteiger partial charge in [-0.15, -0.1) is 0 Å². The average Bonchev–Trinajstić information content (AvgIpc) is 2.28. The normalized spacial score (nSPS) is 14.1. The van der Waals surface area contributed by atoms with Crippen LogP contribution in [0.5, 0.6) is 0 Å². The van der Waals surface area contributed by atoms with Crippen LogP contribution in [-0.2, 0) is 14.3 Å². The molecule has 0 fully saturated rings. The van der Waals surface area contributed by atoms with E-state index < -0.39 is 0 Å². The Bertz CT molecular complexity index is 348. The SMILES string of the molecule is CC(C)C[C@@H](CNC(=O)COC(C)(C)C)C(=O)C(C)(C)C. The number of carbonyl (C=O) groups excluding carboxylic acids is 2. The van der Waals surface area contributed by atoms with Gasteiger partial charge in [0.15, 0.2) is 0 Å². The van der Waals surface area contributed by atoms with Crippen LogP contribution in [0.4, 0.5) is 0 Å². The van der Waals surface area contributed by atoms with Crippen LogP contribution in [0.3, 0.4) is 0 Å². The van der Waals surface area contributed by atoms with E-state index in [9.17, 15) is 9.59 Å². The van der Waals surface area contributed by atoms with Gasteiger partial charge < -0.3 is 10.1 Å². The molecule has 21 heavy (non-hydrogen) atoms. The first-order valence-electron chi connectivity index (χ1n) is 7.78. The highest BCUT2D eigenvalue weighted by Crippen LogP contribution is 2.24. The van der Waals surface area contributed by atoms with Crippen LogP contribution in [0.15, 0.2) is 0 Å². The molecular weight excluding hydrogens is 266 g/mol. The zero-order valence-electron chi connectivity index (χ0n) is 15.0. The summed E-state index contributed by atoms with van der Waals surface area (Å²) in [5.41, 5.74) is -0.720. The molecule has 0 saturated heterocycles. The van der Waals surface area contributed by atoms with Crippen molar-refractivity contribution in [2.75, 3.05) is 13.2 Å². The van der Waals surface area contributed by atoms with Gasteiger partial charge in [-0.2, -0.15) is 0 Å². The van der Waals surface area contributed by atoms with E-state index in [1.165, 1.54) is 0 Å². The molecule has 0 aromatic carbocycles. The lowest BCUT2D eigenvalue weighted by Crippen LogP contribution is -2.40. The molecule has 0 aromatic heterocycles. The first-order valence-corrected chi connectivity index (χ1v) is 7.78. The minimum absolute atomic E-state index is 0.0294. The second-order valence-electron chi connectivity index (χ2n) is 8.15. The number of Topliss-reactive ketones (excluding diaryl/α,β-unsaturated/α-hetero) is 1. The summed E-state index contributed by atoms with van der Waals surface area (Å²) in [6.07, 6.45) is 0.788. The van der Waals surface area contributed by atoms with Gasteiger partial charge in [0, 0.05) is 17.9 Å². The van der Waals surface area contributed by atoms with Crippen molar-refractivity contribution in [1.29, 1.82) is 0 Å². The van der Waals surface area contributed by atoms with Crippen LogP contribution < -0.4 is 5.32 Å². The monoisotopic (exact) mass is 299 g/mol. The van der Waals surface area contributed by atoms with Gasteiger partial charge in [-0.1, -0.05) is 34.6 Å². The molecule has 0 spiro atoms. The molecule has 0 rings (SSSR count). The maximum atomic E-state index is 12.4. The van der Waals surface area contributed by atoms with Gasteiger partial charge in [0.2, 0.25) is 5.91 Å². The van der Waals surface area contributed by atoms with Crippen molar-refractivity contribution in [3.63, 3.8) is 0 Å². The number of carbonyl (C=O) groups is 2. The Labute approximate surface area is 130 Å². The molecule has 1 N–H and O–H groups in total. The van der Waals surface area contributed by atoms with Crippen molar-refractivity contribution in [2.45, 2.75) is 67.4 Å². The van der Waals surface area contributed by atoms with Gasteiger partial charge in [-0.3, -0.25) is 9.59 Å². The summed E-state index contributed by atoms with van der Waals surface area (Å²) in [5, 5.41) is 2.83. The molecule has 0 aliphatic rings. The van der Waals surface area contributed by atoms with Crippen LogP contribution in [0, 0.1) is 17.3 Å². The smallest absolute Gasteiger partial charge is 0.246 e. The van der Waals surface area contributed by atoms with Crippen LogP contribution in [0.1, 0.15) is 61.8 Å². The third-order valence-electron chi connectivity index (χ3n) is 3.05. The van der Waals surface area contributed by atoms with Crippen molar-refractivity contribution in [1.82, 2.24) is 5.32 Å². The van der Waals surface area contributed by atoms with E-state index in [2.05, 4.69) is 19.2 Å². The molecule has 0 saturated carbocycles. The lowest BCUT2D eigenvalue weighted by molar-refractivity contribution is -0.133. The number of hydrogen-bond donors (Lipinski definition) is 1. The number of ether oxygens (including phenoxy) is 1. The molecule has 4 heteroatoms. The predicted octanol–water partition coefficient (Wildman–Crippen LogP) is 3.20. The Morgan fingerprint density at radius 3 is 1.95 bits per heavy atom. The molecule has 1 atom stereocenters. The lowest BCUT2D eigenvalue weighted by atomic mass is 9.79. The molecule has 1 amide bonds. The van der Waals surface area contributed by atoms with Crippen LogP contribution in [-0.4, -0.2) is 30.4 Å². The van der Waals surface area contributed by atoms with Crippen LogP contribution in [0.25, 0.3) is 0 Å². The fourth-order valence-electron chi connectivity index (χ4n) is 2.03. The first kappa shape index (κ1) is 20.1. The Hall–Kier alpha value is -0.900. The van der Waals surface area contributed by atoms with Gasteiger partial charge in [0.1, 0.15) is 12.4 Å². The topological polar surface area (TPSA) is 55.4 Å². The largest absolute Gasteiger partial charge is 0.366 e. The standard InChI is InChI=1S/C17H33NO3/c1-12(2)9-13(15(20)16(3,4)5)10-18-14(19)11-21-17(6,7)8/h12-13H,9-11H2,1-8H3,(H,18,19)/t13-/m0/s1. The second kappa shape index (κ2) is 7.92. The summed E-state index contributed by atoms with van der Waals surface area (Å²) in [4.78, 5) is 24.3. The van der Waals surface area contributed by atoms with E-state index in [0.717, 1.165) is 6.42 Å². The third-order valence-corrected chi connectivity index (χ3v) is 3.05. The second-order valence-corrected chi connectivity index (χ2v) is 8.15. The van der Waals surface area contributed by atoms with E-state index in [0.29, 0.717) is 12.5 Å². The Balaban J connectivity index is 4.50. The summed E-state index contributed by atoms with van der Waals surface area (Å²) in [7, 11) is 0. The Morgan fingerprint density at radius 1 is 1.05 bits per heavy atom. The highest BCUT2D eigenvalue weighted by atomic mass is 16.5. The molecule has 0 aliphatic heterocycles. The lowest BCUT2D eigenvalue weighted by Gasteiger charge is -2.26. The van der Waals surface area contributed by atoms with Gasteiger partial charge >= 0.3 is 0 Å². The summed E-state index contributed by atoms with van der Waals surface area (Å²) in [6, 6.07) is 0. The van der Waals surface area contributed by atoms with Crippen molar-refractivity contribution in [3.8, 4) is 0 Å². The number of ketones is 1. The molecule has 0 bridgehead atoms. The molecular formula is C17H33NO3. The van der Waals surface area contributed by atoms with E-state index in [1.54, 1.807) is 0 Å². The van der Waals surface area contributed by atoms with Gasteiger partial charge in [0.05, 0.1) is 5.60 Å². The predicted molar refractivity (Wildman–Crippen MR) is 86.1 cm³/mol. The number of hydrogen-bond acceptors (Lipinski definition) is 3. The minimum atomic E-state index is -0.383. The van der Waals surface area contributed by atoms with Crippen molar-refractivity contribution >= 4 is 11.7 Å². The van der Waals surface area contributed by atoms with E-state index in [1.807, 2.05) is 41.5 Å². The first-order chi connectivity index (χ1) is 9.33. The third kappa shape index (κ3) is 9.62. The van der Waals surface area contributed by atoms with Gasteiger partial charge in [0.25, 0.3) is 0 Å². The van der Waals surface area contributed by atoms with Crippen molar-refractivity contribution < 1.29 is 14.3 Å². The minimum Gasteiger partial charge on any atom is -0.366 e. The van der Waals surface area contributed by atoms with Gasteiger partial charge in [-0.25, -0.2) is 0 Å². The van der Waals surface area contributed by atoms with E-state index in [4.69, 9.17) is 4.74 Å². The van der Waals surface area contributed by atoms with Crippen LogP contribution >= 0.6 is 0 Å². The highest BCUT2D eigenvalue weighted by molar-refractivity contribution is 5.87. The van der Waals surface area contributed by atoms with E-state index >= 15 is 0 Å². The number of nitrogens with one attached hydrogen (secondary N) is 1. The summed E-state index contributed by atoms with van der Waals surface area (Å²) in [6.45, 7) is 16.1. The molecule has 124 valence electrons. The highest BCUT2D eigenvalue weighted by Gasteiger charge is 2.30.